The monoisotopic (exact) mass is 294 g/mol. The second-order valence-electron chi connectivity index (χ2n) is 4.46. The van der Waals surface area contributed by atoms with Crippen molar-refractivity contribution in [2.45, 2.75) is 32.7 Å². The highest BCUT2D eigenvalue weighted by Gasteiger charge is 2.21. The van der Waals surface area contributed by atoms with Crippen LogP contribution in [0.1, 0.15) is 47.9 Å². The molecule has 0 saturated carbocycles. The van der Waals surface area contributed by atoms with Crippen LogP contribution in [-0.4, -0.2) is 34.7 Å². The van der Waals surface area contributed by atoms with Gasteiger partial charge in [-0.3, -0.25) is 4.79 Å². The minimum Gasteiger partial charge on any atom is -0.448 e. The molecule has 0 aromatic carbocycles. The van der Waals surface area contributed by atoms with Crippen LogP contribution in [0.25, 0.3) is 0 Å². The zero-order valence-corrected chi connectivity index (χ0v) is 12.3. The molecule has 21 heavy (non-hydrogen) atoms. The van der Waals surface area contributed by atoms with Crippen LogP contribution >= 0.6 is 0 Å². The van der Waals surface area contributed by atoms with E-state index in [0.717, 1.165) is 0 Å². The van der Waals surface area contributed by atoms with E-state index in [1.165, 1.54) is 6.39 Å². The van der Waals surface area contributed by atoms with Crippen molar-refractivity contribution < 1.29 is 18.5 Å². The highest BCUT2D eigenvalue weighted by Crippen LogP contribution is 2.13. The Hall–Kier alpha value is -2.22. The summed E-state index contributed by atoms with van der Waals surface area (Å²) in [6.07, 6.45) is 2.41. The molecule has 0 spiro atoms. The summed E-state index contributed by atoms with van der Waals surface area (Å²) in [4.78, 5) is 20.2. The molecule has 1 N–H and O–H groups in total. The molecule has 1 atom stereocenters. The summed E-state index contributed by atoms with van der Waals surface area (Å²) in [6, 6.07) is -0.414. The lowest BCUT2D eigenvalue weighted by Crippen LogP contribution is -2.28. The number of aryl methyl sites for hydroxylation is 1. The number of rotatable bonds is 7. The first-order valence-corrected chi connectivity index (χ1v) is 6.70. The van der Waals surface area contributed by atoms with Gasteiger partial charge in [0.15, 0.2) is 17.9 Å². The van der Waals surface area contributed by atoms with Gasteiger partial charge in [0.25, 0.3) is 5.91 Å². The predicted octanol–water partition coefficient (Wildman–Crippen LogP) is 1.30. The number of nitrogens with zero attached hydrogens (tertiary/aromatic N) is 3. The summed E-state index contributed by atoms with van der Waals surface area (Å²) in [7, 11) is 1.60. The molecule has 2 heterocycles. The van der Waals surface area contributed by atoms with Crippen molar-refractivity contribution >= 4 is 5.91 Å². The summed E-state index contributed by atoms with van der Waals surface area (Å²) < 4.78 is 15.2. The highest BCUT2D eigenvalue weighted by atomic mass is 16.5. The summed E-state index contributed by atoms with van der Waals surface area (Å²) in [5, 5.41) is 6.58. The molecule has 8 nitrogen and oxygen atoms in total. The molecule has 114 valence electrons. The number of amides is 1. The largest absolute Gasteiger partial charge is 0.448 e. The molecule has 0 unspecified atom stereocenters. The number of oxazole rings is 1. The highest BCUT2D eigenvalue weighted by molar-refractivity contribution is 5.93. The van der Waals surface area contributed by atoms with Gasteiger partial charge >= 0.3 is 0 Å². The molecular formula is C13H18N4O4. The first-order valence-electron chi connectivity index (χ1n) is 6.70. The van der Waals surface area contributed by atoms with Crippen molar-refractivity contribution in [1.82, 2.24) is 20.4 Å². The van der Waals surface area contributed by atoms with E-state index in [9.17, 15) is 4.79 Å². The zero-order chi connectivity index (χ0) is 15.2. The lowest BCUT2D eigenvalue weighted by Gasteiger charge is -2.08. The second kappa shape index (κ2) is 6.98. The number of ether oxygens (including phenoxy) is 1. The van der Waals surface area contributed by atoms with Gasteiger partial charge in [-0.1, -0.05) is 12.1 Å². The summed E-state index contributed by atoms with van der Waals surface area (Å²) in [5.74, 6) is 1.11. The van der Waals surface area contributed by atoms with Crippen molar-refractivity contribution in [2.24, 2.45) is 0 Å². The van der Waals surface area contributed by atoms with Crippen LogP contribution in [0.4, 0.5) is 0 Å². The van der Waals surface area contributed by atoms with Crippen molar-refractivity contribution in [2.75, 3.05) is 13.7 Å². The van der Waals surface area contributed by atoms with E-state index in [1.54, 1.807) is 14.0 Å². The molecule has 2 rings (SSSR count). The maximum absolute atomic E-state index is 12.1. The third kappa shape index (κ3) is 3.66. The Bertz CT molecular complexity index is 593. The number of hydrogen-bond acceptors (Lipinski definition) is 7. The van der Waals surface area contributed by atoms with E-state index in [-0.39, 0.29) is 11.6 Å². The molecule has 1 amide bonds. The van der Waals surface area contributed by atoms with E-state index in [4.69, 9.17) is 13.7 Å². The summed E-state index contributed by atoms with van der Waals surface area (Å²) >= 11 is 0. The van der Waals surface area contributed by atoms with E-state index >= 15 is 0 Å². The quantitative estimate of drug-likeness (QED) is 0.820. The fourth-order valence-corrected chi connectivity index (χ4v) is 1.77. The molecule has 2 aromatic rings. The van der Waals surface area contributed by atoms with Crippen LogP contribution in [0, 0.1) is 0 Å². The van der Waals surface area contributed by atoms with E-state index in [1.807, 2.05) is 6.92 Å². The van der Waals surface area contributed by atoms with Crippen LogP contribution in [-0.2, 0) is 17.6 Å². The first-order chi connectivity index (χ1) is 10.2. The molecule has 0 radical (unpaired) electrons. The Labute approximate surface area is 121 Å². The smallest absolute Gasteiger partial charge is 0.274 e. The molecule has 0 bridgehead atoms. The van der Waals surface area contributed by atoms with Crippen molar-refractivity contribution in [1.29, 1.82) is 0 Å². The van der Waals surface area contributed by atoms with Crippen LogP contribution in [0.2, 0.25) is 0 Å². The molecule has 0 saturated heterocycles. The number of methoxy groups -OCH3 is 1. The summed E-state index contributed by atoms with van der Waals surface area (Å²) in [5.41, 5.74) is 0.281. The lowest BCUT2D eigenvalue weighted by molar-refractivity contribution is 0.0926. The van der Waals surface area contributed by atoms with Crippen molar-refractivity contribution in [3.05, 3.63) is 29.6 Å². The van der Waals surface area contributed by atoms with Gasteiger partial charge in [0.1, 0.15) is 11.8 Å². The molecule has 2 aromatic heterocycles. The standard InChI is InChI=1S/C13H18N4O4/c1-4-9-11(14-7-20-9)12(18)15-8(2)13-16-10(17-21-13)5-6-19-3/h7-8H,4-6H2,1-3H3,(H,15,18)/t8-/m0/s1. The number of carbonyl (C=O) groups excluding carboxylic acids is 1. The van der Waals surface area contributed by atoms with E-state index < -0.39 is 6.04 Å². The number of aromatic nitrogens is 3. The average molecular weight is 294 g/mol. The number of hydrogen-bond donors (Lipinski definition) is 1. The summed E-state index contributed by atoms with van der Waals surface area (Å²) in [6.45, 7) is 4.16. The fourth-order valence-electron chi connectivity index (χ4n) is 1.77. The molecule has 0 fully saturated rings. The van der Waals surface area contributed by atoms with Gasteiger partial charge < -0.3 is 19.0 Å². The molecule has 0 aliphatic rings. The molecule has 0 aliphatic carbocycles. The van der Waals surface area contributed by atoms with E-state index in [2.05, 4.69) is 20.4 Å². The van der Waals surface area contributed by atoms with Crippen LogP contribution in [0.15, 0.2) is 15.3 Å². The number of nitrogens with one attached hydrogen (secondary N) is 1. The normalized spacial score (nSPS) is 12.3. The Morgan fingerprint density at radius 1 is 1.52 bits per heavy atom. The SMILES string of the molecule is CCc1ocnc1C(=O)N[C@@H](C)c1nc(CCOC)no1. The topological polar surface area (TPSA) is 103 Å². The van der Waals surface area contributed by atoms with Crippen LogP contribution in [0.5, 0.6) is 0 Å². The Morgan fingerprint density at radius 3 is 3.05 bits per heavy atom. The maximum Gasteiger partial charge on any atom is 0.274 e. The van der Waals surface area contributed by atoms with Crippen LogP contribution in [0.3, 0.4) is 0 Å². The predicted molar refractivity (Wildman–Crippen MR) is 71.6 cm³/mol. The maximum atomic E-state index is 12.1. The first kappa shape index (κ1) is 15.2. The molecule has 8 heteroatoms. The van der Waals surface area contributed by atoms with Crippen LogP contribution < -0.4 is 5.32 Å². The molecule has 0 aliphatic heterocycles. The van der Waals surface area contributed by atoms with Gasteiger partial charge in [0, 0.05) is 20.0 Å². The Balaban J connectivity index is 1.99. The van der Waals surface area contributed by atoms with Gasteiger partial charge in [-0.15, -0.1) is 0 Å². The minimum absolute atomic E-state index is 0.281. The molecular weight excluding hydrogens is 276 g/mol. The zero-order valence-electron chi connectivity index (χ0n) is 12.3. The second-order valence-corrected chi connectivity index (χ2v) is 4.46. The Morgan fingerprint density at radius 2 is 2.33 bits per heavy atom. The number of carbonyl (C=O) groups is 1. The van der Waals surface area contributed by atoms with E-state index in [0.29, 0.717) is 36.9 Å². The van der Waals surface area contributed by atoms with Gasteiger partial charge in [0.2, 0.25) is 5.89 Å². The third-order valence-corrected chi connectivity index (χ3v) is 2.91. The van der Waals surface area contributed by atoms with Gasteiger partial charge in [-0.25, -0.2) is 4.98 Å². The lowest BCUT2D eigenvalue weighted by atomic mass is 10.2. The fraction of sp³-hybridized carbons (Fsp3) is 0.538. The van der Waals surface area contributed by atoms with Crippen molar-refractivity contribution in [3.63, 3.8) is 0 Å². The van der Waals surface area contributed by atoms with Crippen molar-refractivity contribution in [3.8, 4) is 0 Å². The Kier molecular flexibility index (Phi) is 5.04. The third-order valence-electron chi connectivity index (χ3n) is 2.91. The minimum atomic E-state index is -0.414. The van der Waals surface area contributed by atoms with Gasteiger partial charge in [-0.2, -0.15) is 4.98 Å². The average Bonchev–Trinajstić information content (AvgIpc) is 3.13. The van der Waals surface area contributed by atoms with Gasteiger partial charge in [0.05, 0.1) is 6.61 Å². The van der Waals surface area contributed by atoms with Gasteiger partial charge in [-0.05, 0) is 6.92 Å².